The Kier molecular flexibility index (Phi) is 4.30. The number of hydrogen-bond donors (Lipinski definition) is 0. The Morgan fingerprint density at radius 3 is 2.78 bits per heavy atom. The summed E-state index contributed by atoms with van der Waals surface area (Å²) in [6, 6.07) is 4.11. The second kappa shape index (κ2) is 5.95. The van der Waals surface area contributed by atoms with E-state index < -0.39 is 0 Å². The summed E-state index contributed by atoms with van der Waals surface area (Å²) in [5, 5.41) is 4.90. The zero-order valence-electron chi connectivity index (χ0n) is 10.4. The fraction of sp³-hybridized carbons (Fsp3) is 0.417. The zero-order chi connectivity index (χ0) is 13.0. The molecular weight excluding hydrogens is 296 g/mol. The molecule has 0 atom stereocenters. The highest BCUT2D eigenvalue weighted by Crippen LogP contribution is 2.13. The monoisotopic (exact) mass is 310 g/mol. The highest BCUT2D eigenvalue weighted by Gasteiger charge is 2.08. The summed E-state index contributed by atoms with van der Waals surface area (Å²) in [7, 11) is 0. The van der Waals surface area contributed by atoms with Crippen LogP contribution >= 0.6 is 15.9 Å². The summed E-state index contributed by atoms with van der Waals surface area (Å²) >= 11 is 3.35. The molecule has 0 N–H and O–H groups in total. The first kappa shape index (κ1) is 13.0. The summed E-state index contributed by atoms with van der Waals surface area (Å²) in [6.45, 7) is 4.52. The number of ether oxygens (including phenoxy) is 1. The van der Waals surface area contributed by atoms with E-state index >= 15 is 0 Å². The fourth-order valence-electron chi connectivity index (χ4n) is 1.53. The van der Waals surface area contributed by atoms with E-state index in [0.717, 1.165) is 22.6 Å². The minimum atomic E-state index is 0.278. The van der Waals surface area contributed by atoms with Crippen molar-refractivity contribution < 1.29 is 4.74 Å². The van der Waals surface area contributed by atoms with E-state index in [9.17, 15) is 0 Å². The van der Waals surface area contributed by atoms with E-state index in [2.05, 4.69) is 44.8 Å². The molecule has 0 unspecified atom stereocenters. The normalized spacial score (nSPS) is 10.9. The molecule has 2 heterocycles. The van der Waals surface area contributed by atoms with Crippen LogP contribution in [0.15, 0.2) is 24.7 Å². The topological polar surface area (TPSA) is 52.8 Å². The molecular formula is C12H15BrN4O. The molecule has 96 valence electrons. The van der Waals surface area contributed by atoms with Crippen LogP contribution in [0.4, 0.5) is 0 Å². The van der Waals surface area contributed by atoms with Gasteiger partial charge in [0.2, 0.25) is 0 Å². The van der Waals surface area contributed by atoms with Crippen molar-refractivity contribution in [3.8, 4) is 5.75 Å². The maximum atomic E-state index is 5.64. The SMILES string of the molecule is CC(C)n1ncnc1COc1ccc(CBr)nc1. The Bertz CT molecular complexity index is 495. The Morgan fingerprint density at radius 1 is 1.33 bits per heavy atom. The summed E-state index contributed by atoms with van der Waals surface area (Å²) in [5.41, 5.74) is 0.979. The summed E-state index contributed by atoms with van der Waals surface area (Å²) in [4.78, 5) is 8.43. The molecule has 0 amide bonds. The maximum Gasteiger partial charge on any atom is 0.165 e. The molecule has 0 aliphatic carbocycles. The molecule has 0 aromatic carbocycles. The molecule has 0 radical (unpaired) electrons. The van der Waals surface area contributed by atoms with Crippen molar-refractivity contribution in [2.45, 2.75) is 31.8 Å². The molecule has 0 aliphatic heterocycles. The van der Waals surface area contributed by atoms with Gasteiger partial charge in [-0.05, 0) is 26.0 Å². The number of aromatic nitrogens is 4. The lowest BCUT2D eigenvalue weighted by Crippen LogP contribution is -2.10. The van der Waals surface area contributed by atoms with E-state index in [1.54, 1.807) is 12.5 Å². The van der Waals surface area contributed by atoms with Crippen LogP contribution in [0.1, 0.15) is 31.4 Å². The molecule has 5 nitrogen and oxygen atoms in total. The third-order valence-electron chi connectivity index (χ3n) is 2.44. The smallest absolute Gasteiger partial charge is 0.165 e. The van der Waals surface area contributed by atoms with E-state index in [-0.39, 0.29) is 6.04 Å². The Balaban J connectivity index is 2.00. The lowest BCUT2D eigenvalue weighted by atomic mass is 10.4. The van der Waals surface area contributed by atoms with Crippen LogP contribution in [0.3, 0.4) is 0 Å². The van der Waals surface area contributed by atoms with E-state index in [1.165, 1.54) is 0 Å². The van der Waals surface area contributed by atoms with Crippen LogP contribution in [-0.2, 0) is 11.9 Å². The lowest BCUT2D eigenvalue weighted by Gasteiger charge is -2.10. The van der Waals surface area contributed by atoms with Crippen molar-refractivity contribution in [2.24, 2.45) is 0 Å². The van der Waals surface area contributed by atoms with Crippen molar-refractivity contribution in [3.05, 3.63) is 36.2 Å². The van der Waals surface area contributed by atoms with Crippen LogP contribution in [0.25, 0.3) is 0 Å². The first-order chi connectivity index (χ1) is 8.70. The van der Waals surface area contributed by atoms with Gasteiger partial charge in [0.25, 0.3) is 0 Å². The van der Waals surface area contributed by atoms with Crippen molar-refractivity contribution in [3.63, 3.8) is 0 Å². The Hall–Kier alpha value is -1.43. The second-order valence-corrected chi connectivity index (χ2v) is 4.68. The van der Waals surface area contributed by atoms with Gasteiger partial charge in [-0.2, -0.15) is 5.10 Å². The van der Waals surface area contributed by atoms with Gasteiger partial charge in [0.1, 0.15) is 18.7 Å². The minimum Gasteiger partial charge on any atom is -0.484 e. The van der Waals surface area contributed by atoms with Gasteiger partial charge < -0.3 is 4.74 Å². The average Bonchev–Trinajstić information content (AvgIpc) is 2.85. The van der Waals surface area contributed by atoms with Gasteiger partial charge >= 0.3 is 0 Å². The average molecular weight is 311 g/mol. The second-order valence-electron chi connectivity index (χ2n) is 4.12. The first-order valence-electron chi connectivity index (χ1n) is 5.72. The van der Waals surface area contributed by atoms with Gasteiger partial charge in [-0.15, -0.1) is 0 Å². The molecule has 2 aromatic heterocycles. The zero-order valence-corrected chi connectivity index (χ0v) is 12.0. The molecule has 2 rings (SSSR count). The number of alkyl halides is 1. The van der Waals surface area contributed by atoms with E-state index in [4.69, 9.17) is 4.74 Å². The third kappa shape index (κ3) is 3.07. The summed E-state index contributed by atoms with van der Waals surface area (Å²) in [5.74, 6) is 1.55. The van der Waals surface area contributed by atoms with Crippen molar-refractivity contribution in [2.75, 3.05) is 0 Å². The van der Waals surface area contributed by atoms with Crippen LogP contribution in [0.5, 0.6) is 5.75 Å². The third-order valence-corrected chi connectivity index (χ3v) is 3.01. The van der Waals surface area contributed by atoms with E-state index in [1.807, 2.05) is 16.8 Å². The number of pyridine rings is 1. The predicted octanol–water partition coefficient (Wildman–Crippen LogP) is 2.73. The Labute approximate surface area is 114 Å². The number of halogens is 1. The van der Waals surface area contributed by atoms with Gasteiger partial charge in [0.05, 0.1) is 11.9 Å². The highest BCUT2D eigenvalue weighted by atomic mass is 79.9. The molecule has 6 heteroatoms. The van der Waals surface area contributed by atoms with Crippen LogP contribution in [0, 0.1) is 0 Å². The molecule has 2 aromatic rings. The molecule has 0 saturated carbocycles. The lowest BCUT2D eigenvalue weighted by molar-refractivity contribution is 0.281. The van der Waals surface area contributed by atoms with Gasteiger partial charge in [-0.1, -0.05) is 15.9 Å². The molecule has 0 spiro atoms. The van der Waals surface area contributed by atoms with Gasteiger partial charge in [-0.25, -0.2) is 9.67 Å². The van der Waals surface area contributed by atoms with Crippen LogP contribution < -0.4 is 4.74 Å². The van der Waals surface area contributed by atoms with Gasteiger partial charge in [0.15, 0.2) is 5.82 Å². The molecule has 0 saturated heterocycles. The standard InChI is InChI=1S/C12H15BrN4O/c1-9(2)17-12(15-8-16-17)7-18-11-4-3-10(5-13)14-6-11/h3-4,6,8-9H,5,7H2,1-2H3. The Morgan fingerprint density at radius 2 is 2.17 bits per heavy atom. The summed E-state index contributed by atoms with van der Waals surface area (Å²) < 4.78 is 7.49. The molecule has 18 heavy (non-hydrogen) atoms. The van der Waals surface area contributed by atoms with Crippen LogP contribution in [-0.4, -0.2) is 19.7 Å². The number of hydrogen-bond acceptors (Lipinski definition) is 4. The van der Waals surface area contributed by atoms with Crippen molar-refractivity contribution in [1.82, 2.24) is 19.7 Å². The molecule has 0 aliphatic rings. The number of nitrogens with zero attached hydrogens (tertiary/aromatic N) is 4. The molecule has 0 bridgehead atoms. The summed E-state index contributed by atoms with van der Waals surface area (Å²) in [6.07, 6.45) is 3.26. The van der Waals surface area contributed by atoms with E-state index in [0.29, 0.717) is 6.61 Å². The predicted molar refractivity (Wildman–Crippen MR) is 71.6 cm³/mol. The van der Waals surface area contributed by atoms with Crippen LogP contribution in [0.2, 0.25) is 0 Å². The largest absolute Gasteiger partial charge is 0.484 e. The maximum absolute atomic E-state index is 5.64. The fourth-order valence-corrected chi connectivity index (χ4v) is 1.86. The van der Waals surface area contributed by atoms with Gasteiger partial charge in [0, 0.05) is 11.4 Å². The van der Waals surface area contributed by atoms with Crippen molar-refractivity contribution in [1.29, 1.82) is 0 Å². The minimum absolute atomic E-state index is 0.278. The first-order valence-corrected chi connectivity index (χ1v) is 6.85. The molecule has 0 fully saturated rings. The number of rotatable bonds is 5. The van der Waals surface area contributed by atoms with Crippen molar-refractivity contribution >= 4 is 15.9 Å². The highest BCUT2D eigenvalue weighted by molar-refractivity contribution is 9.08. The van der Waals surface area contributed by atoms with Gasteiger partial charge in [-0.3, -0.25) is 4.98 Å². The quantitative estimate of drug-likeness (QED) is 0.797.